The Balaban J connectivity index is 2.56. The highest BCUT2D eigenvalue weighted by molar-refractivity contribution is 7.92. The lowest BCUT2D eigenvalue weighted by Crippen LogP contribution is -2.15. The van der Waals surface area contributed by atoms with Gasteiger partial charge in [-0.25, -0.2) is 17.6 Å². The average Bonchev–Trinajstić information content (AvgIpc) is 2.67. The molecule has 0 unspecified atom stereocenters. The quantitative estimate of drug-likeness (QED) is 0.535. The topological polar surface area (TPSA) is 90.9 Å². The Morgan fingerprint density at radius 2 is 1.86 bits per heavy atom. The van der Waals surface area contributed by atoms with Crippen LogP contribution in [0.1, 0.15) is 5.56 Å². The molecule has 0 aliphatic carbocycles. The van der Waals surface area contributed by atoms with E-state index in [4.69, 9.17) is 21.1 Å². The number of benzene rings is 2. The van der Waals surface area contributed by atoms with Crippen LogP contribution in [0.4, 0.5) is 10.1 Å². The molecule has 28 heavy (non-hydrogen) atoms. The number of methoxy groups -OCH3 is 3. The summed E-state index contributed by atoms with van der Waals surface area (Å²) >= 11 is 5.69. The van der Waals surface area contributed by atoms with Gasteiger partial charge in [-0.3, -0.25) is 4.72 Å². The molecule has 0 atom stereocenters. The van der Waals surface area contributed by atoms with E-state index in [1.807, 2.05) is 0 Å². The zero-order valence-corrected chi connectivity index (χ0v) is 16.7. The van der Waals surface area contributed by atoms with Gasteiger partial charge in [-0.05, 0) is 42.0 Å². The van der Waals surface area contributed by atoms with Crippen molar-refractivity contribution in [1.29, 1.82) is 0 Å². The van der Waals surface area contributed by atoms with Gasteiger partial charge in [0.05, 0.1) is 27.0 Å². The molecule has 7 nitrogen and oxygen atoms in total. The maximum atomic E-state index is 14.0. The molecular formula is C18H17ClFNO6S. The minimum Gasteiger partial charge on any atom is -0.493 e. The van der Waals surface area contributed by atoms with Crippen LogP contribution in [-0.4, -0.2) is 35.7 Å². The number of ether oxygens (including phenoxy) is 3. The van der Waals surface area contributed by atoms with E-state index in [-0.39, 0.29) is 27.1 Å². The van der Waals surface area contributed by atoms with E-state index in [1.54, 1.807) is 0 Å². The van der Waals surface area contributed by atoms with Crippen molar-refractivity contribution < 1.29 is 31.8 Å². The van der Waals surface area contributed by atoms with Crippen LogP contribution in [0.2, 0.25) is 5.02 Å². The van der Waals surface area contributed by atoms with Gasteiger partial charge in [-0.15, -0.1) is 0 Å². The first-order valence-electron chi connectivity index (χ1n) is 7.71. The number of hydrogen-bond acceptors (Lipinski definition) is 6. The third kappa shape index (κ3) is 4.93. The highest BCUT2D eigenvalue weighted by Crippen LogP contribution is 2.37. The molecule has 0 fully saturated rings. The summed E-state index contributed by atoms with van der Waals surface area (Å²) in [6.07, 6.45) is 2.46. The minimum absolute atomic E-state index is 0.0837. The minimum atomic E-state index is -4.28. The summed E-state index contributed by atoms with van der Waals surface area (Å²) in [5, 5.41) is 0.120. The van der Waals surface area contributed by atoms with Gasteiger partial charge in [0, 0.05) is 11.1 Å². The largest absolute Gasteiger partial charge is 0.493 e. The Morgan fingerprint density at radius 3 is 2.43 bits per heavy atom. The van der Waals surface area contributed by atoms with Gasteiger partial charge in [-0.2, -0.15) is 0 Å². The predicted molar refractivity (Wildman–Crippen MR) is 103 cm³/mol. The Hall–Kier alpha value is -2.78. The third-order valence-corrected chi connectivity index (χ3v) is 5.15. The molecule has 0 bridgehead atoms. The SMILES string of the molecule is COC(=O)/C=C/c1cc(OC)c(OC)c(S(=O)(=O)Nc2ccc(Cl)cc2F)c1. The average molecular weight is 430 g/mol. The molecule has 150 valence electrons. The maximum Gasteiger partial charge on any atom is 0.330 e. The number of sulfonamides is 1. The summed E-state index contributed by atoms with van der Waals surface area (Å²) in [5.74, 6) is -1.45. The Morgan fingerprint density at radius 1 is 1.14 bits per heavy atom. The summed E-state index contributed by atoms with van der Waals surface area (Å²) in [6, 6.07) is 6.24. The normalized spacial score (nSPS) is 11.3. The van der Waals surface area contributed by atoms with Crippen molar-refractivity contribution >= 4 is 39.4 Å². The Kier molecular flexibility index (Phi) is 6.87. The van der Waals surface area contributed by atoms with Gasteiger partial charge >= 0.3 is 5.97 Å². The first-order chi connectivity index (χ1) is 13.2. The maximum absolute atomic E-state index is 14.0. The molecule has 2 aromatic rings. The fraction of sp³-hybridized carbons (Fsp3) is 0.167. The molecule has 0 amide bonds. The number of carbonyl (C=O) groups excluding carboxylic acids is 1. The number of nitrogens with one attached hydrogen (secondary N) is 1. The smallest absolute Gasteiger partial charge is 0.330 e. The fourth-order valence-electron chi connectivity index (χ4n) is 2.25. The van der Waals surface area contributed by atoms with Gasteiger partial charge in [0.1, 0.15) is 10.7 Å². The lowest BCUT2D eigenvalue weighted by atomic mass is 10.2. The van der Waals surface area contributed by atoms with E-state index in [9.17, 15) is 17.6 Å². The van der Waals surface area contributed by atoms with E-state index >= 15 is 0 Å². The van der Waals surface area contributed by atoms with Crippen LogP contribution in [0.15, 0.2) is 41.3 Å². The van der Waals surface area contributed by atoms with Crippen LogP contribution in [0.3, 0.4) is 0 Å². The summed E-state index contributed by atoms with van der Waals surface area (Å²) in [5.41, 5.74) is 0.0286. The second-order valence-corrected chi connectivity index (χ2v) is 7.43. The van der Waals surface area contributed by atoms with Crippen LogP contribution < -0.4 is 14.2 Å². The van der Waals surface area contributed by atoms with Gasteiger partial charge in [0.2, 0.25) is 0 Å². The van der Waals surface area contributed by atoms with Crippen LogP contribution in [0.5, 0.6) is 11.5 Å². The first kappa shape index (κ1) is 21.5. The Bertz CT molecular complexity index is 1020. The predicted octanol–water partition coefficient (Wildman–Crippen LogP) is 3.48. The van der Waals surface area contributed by atoms with E-state index in [0.29, 0.717) is 5.56 Å². The molecule has 0 aliphatic rings. The van der Waals surface area contributed by atoms with E-state index < -0.39 is 21.8 Å². The van der Waals surface area contributed by atoms with Crippen molar-refractivity contribution in [3.05, 3.63) is 52.8 Å². The second-order valence-electron chi connectivity index (χ2n) is 5.34. The van der Waals surface area contributed by atoms with Crippen molar-refractivity contribution in [1.82, 2.24) is 0 Å². The monoisotopic (exact) mass is 429 g/mol. The van der Waals surface area contributed by atoms with Crippen LogP contribution in [0, 0.1) is 5.82 Å². The summed E-state index contributed by atoms with van der Waals surface area (Å²) in [6.45, 7) is 0. The summed E-state index contributed by atoms with van der Waals surface area (Å²) in [7, 11) is -0.473. The second kappa shape index (κ2) is 8.94. The van der Waals surface area contributed by atoms with E-state index in [0.717, 1.165) is 12.1 Å². The number of anilines is 1. The van der Waals surface area contributed by atoms with Crippen LogP contribution in [0.25, 0.3) is 6.08 Å². The summed E-state index contributed by atoms with van der Waals surface area (Å²) < 4.78 is 56.8. The zero-order valence-electron chi connectivity index (χ0n) is 15.2. The van der Waals surface area contributed by atoms with Crippen molar-refractivity contribution in [2.75, 3.05) is 26.1 Å². The number of hydrogen-bond donors (Lipinski definition) is 1. The van der Waals surface area contributed by atoms with Gasteiger partial charge in [0.15, 0.2) is 11.5 Å². The van der Waals surface area contributed by atoms with Gasteiger partial charge in [0.25, 0.3) is 10.0 Å². The zero-order chi connectivity index (χ0) is 20.9. The molecule has 0 saturated heterocycles. The highest BCUT2D eigenvalue weighted by atomic mass is 35.5. The molecule has 0 aromatic heterocycles. The lowest BCUT2D eigenvalue weighted by Gasteiger charge is -2.16. The number of esters is 1. The molecule has 0 spiro atoms. The fourth-order valence-corrected chi connectivity index (χ4v) is 3.69. The molecule has 0 radical (unpaired) electrons. The molecule has 1 N–H and O–H groups in total. The summed E-state index contributed by atoms with van der Waals surface area (Å²) in [4.78, 5) is 11.0. The van der Waals surface area contributed by atoms with Crippen molar-refractivity contribution in [2.45, 2.75) is 4.90 Å². The van der Waals surface area contributed by atoms with Crippen LogP contribution >= 0.6 is 11.6 Å². The molecule has 2 aromatic carbocycles. The van der Waals surface area contributed by atoms with Crippen LogP contribution in [-0.2, 0) is 19.6 Å². The molecule has 2 rings (SSSR count). The number of halogens is 2. The van der Waals surface area contributed by atoms with Gasteiger partial charge in [-0.1, -0.05) is 11.6 Å². The molecular weight excluding hydrogens is 413 g/mol. The van der Waals surface area contributed by atoms with Crippen molar-refractivity contribution in [2.24, 2.45) is 0 Å². The highest BCUT2D eigenvalue weighted by Gasteiger charge is 2.25. The molecule has 10 heteroatoms. The van der Waals surface area contributed by atoms with Crippen molar-refractivity contribution in [3.8, 4) is 11.5 Å². The number of rotatable bonds is 7. The van der Waals surface area contributed by atoms with Gasteiger partial charge < -0.3 is 14.2 Å². The first-order valence-corrected chi connectivity index (χ1v) is 9.58. The van der Waals surface area contributed by atoms with Crippen molar-refractivity contribution in [3.63, 3.8) is 0 Å². The van der Waals surface area contributed by atoms with E-state index in [2.05, 4.69) is 9.46 Å². The van der Waals surface area contributed by atoms with E-state index in [1.165, 1.54) is 51.7 Å². The number of carbonyl (C=O) groups is 1. The molecule has 0 heterocycles. The lowest BCUT2D eigenvalue weighted by molar-refractivity contribution is -0.134. The molecule has 0 saturated carbocycles. The standard InChI is InChI=1S/C18H17ClFNO6S/c1-25-15-8-11(4-7-17(22)26-2)9-16(18(15)27-3)28(23,24)21-14-6-5-12(19)10-13(14)20/h4-10,21H,1-3H3/b7-4+. The Labute approximate surface area is 166 Å². The third-order valence-electron chi connectivity index (χ3n) is 3.55. The molecule has 0 aliphatic heterocycles.